The summed E-state index contributed by atoms with van der Waals surface area (Å²) in [4.78, 5) is 11.3. The maximum absolute atomic E-state index is 11.3. The van der Waals surface area contributed by atoms with Crippen LogP contribution in [0.3, 0.4) is 0 Å². The van der Waals surface area contributed by atoms with Gasteiger partial charge in [-0.2, -0.15) is 0 Å². The van der Waals surface area contributed by atoms with E-state index in [4.69, 9.17) is 0 Å². The number of carbonyl (C=O) groups excluding carboxylic acids is 1. The lowest BCUT2D eigenvalue weighted by Crippen LogP contribution is -2.49. The predicted octanol–water partition coefficient (Wildman–Crippen LogP) is 1.51. The quantitative estimate of drug-likeness (QED) is 0.759. The van der Waals surface area contributed by atoms with E-state index in [1.807, 2.05) is 13.8 Å². The molecule has 3 rings (SSSR count). The number of carboxylic acids is 1. The van der Waals surface area contributed by atoms with Gasteiger partial charge in [-0.1, -0.05) is 24.3 Å². The van der Waals surface area contributed by atoms with Crippen molar-refractivity contribution in [1.82, 2.24) is 0 Å². The van der Waals surface area contributed by atoms with Crippen LogP contribution in [-0.2, 0) is 4.79 Å². The maximum atomic E-state index is 11.3. The van der Waals surface area contributed by atoms with Gasteiger partial charge < -0.3 is 15.2 Å². The average molecular weight is 242 g/mol. The number of aryl methyl sites for hydroxylation is 1. The summed E-state index contributed by atoms with van der Waals surface area (Å²) in [5.41, 5.74) is 4.52. The van der Waals surface area contributed by atoms with Gasteiger partial charge in [-0.15, -0.1) is 0 Å². The summed E-state index contributed by atoms with van der Waals surface area (Å²) >= 11 is 0. The summed E-state index contributed by atoms with van der Waals surface area (Å²) < 4.78 is 0. The molecule has 0 fully saturated rings. The second-order valence-electron chi connectivity index (χ2n) is 5.27. The van der Waals surface area contributed by atoms with Gasteiger partial charge in [0.15, 0.2) is 0 Å². The van der Waals surface area contributed by atoms with Crippen molar-refractivity contribution in [1.29, 1.82) is 0 Å². The molecule has 1 heterocycles. The molecule has 0 unspecified atom stereocenters. The molecule has 0 spiro atoms. The fourth-order valence-corrected chi connectivity index (χ4v) is 3.15. The highest BCUT2D eigenvalue weighted by Gasteiger charge is 2.38. The molecule has 18 heavy (non-hydrogen) atoms. The van der Waals surface area contributed by atoms with Crippen molar-refractivity contribution in [3.05, 3.63) is 41.0 Å². The Bertz CT molecular complexity index is 548. The van der Waals surface area contributed by atoms with Gasteiger partial charge in [0.2, 0.25) is 0 Å². The van der Waals surface area contributed by atoms with Gasteiger partial charge in [-0.05, 0) is 42.9 Å². The van der Waals surface area contributed by atoms with Crippen LogP contribution in [0, 0.1) is 19.8 Å². The van der Waals surface area contributed by atoms with Gasteiger partial charge in [0.25, 0.3) is 0 Å². The van der Waals surface area contributed by atoms with Crippen LogP contribution in [0.5, 0.6) is 0 Å². The van der Waals surface area contributed by atoms with Crippen LogP contribution in [0.15, 0.2) is 24.3 Å². The van der Waals surface area contributed by atoms with Crippen molar-refractivity contribution in [3.63, 3.8) is 0 Å². The molecule has 1 aliphatic heterocycles. The van der Waals surface area contributed by atoms with Crippen LogP contribution in [0.2, 0.25) is 0 Å². The number of hydrogen-bond donors (Lipinski definition) is 1. The third-order valence-corrected chi connectivity index (χ3v) is 4.32. The molecule has 1 aliphatic carbocycles. The number of carbonyl (C=O) groups is 1. The first-order chi connectivity index (χ1) is 8.59. The predicted molar refractivity (Wildman–Crippen MR) is 68.3 cm³/mol. The van der Waals surface area contributed by atoms with Crippen LogP contribution in [-0.4, -0.2) is 12.0 Å². The van der Waals surface area contributed by atoms with E-state index in [2.05, 4.69) is 29.6 Å². The Morgan fingerprint density at radius 2 is 2.17 bits per heavy atom. The van der Waals surface area contributed by atoms with E-state index in [1.54, 1.807) is 0 Å². The fourth-order valence-electron chi connectivity index (χ4n) is 3.15. The highest BCUT2D eigenvalue weighted by molar-refractivity contribution is 5.80. The van der Waals surface area contributed by atoms with Crippen molar-refractivity contribution < 1.29 is 9.90 Å². The summed E-state index contributed by atoms with van der Waals surface area (Å²) in [5.74, 6) is -0.701. The minimum Gasteiger partial charge on any atom is -0.548 e. The first-order valence-electron chi connectivity index (χ1n) is 6.33. The number of benzene rings is 1. The lowest BCUT2D eigenvalue weighted by molar-refractivity contribution is -0.308. The molecule has 3 atom stereocenters. The summed E-state index contributed by atoms with van der Waals surface area (Å²) in [6, 6.07) is 3.64. The minimum absolute atomic E-state index is 0.0876. The van der Waals surface area contributed by atoms with Gasteiger partial charge >= 0.3 is 0 Å². The Kier molecular flexibility index (Phi) is 2.44. The lowest BCUT2D eigenvalue weighted by Gasteiger charge is -2.38. The zero-order chi connectivity index (χ0) is 12.9. The van der Waals surface area contributed by atoms with E-state index in [0.717, 1.165) is 17.7 Å². The van der Waals surface area contributed by atoms with E-state index in [9.17, 15) is 9.90 Å². The van der Waals surface area contributed by atoms with Crippen LogP contribution in [0.25, 0.3) is 0 Å². The van der Waals surface area contributed by atoms with Crippen LogP contribution in [0.1, 0.15) is 29.0 Å². The topological polar surface area (TPSA) is 52.2 Å². The molecule has 0 saturated heterocycles. The van der Waals surface area contributed by atoms with Gasteiger partial charge in [0.05, 0.1) is 12.0 Å². The van der Waals surface area contributed by atoms with Crippen LogP contribution < -0.4 is 10.4 Å². The zero-order valence-electron chi connectivity index (χ0n) is 10.6. The Morgan fingerprint density at radius 3 is 2.89 bits per heavy atom. The number of nitrogens with one attached hydrogen (secondary N) is 1. The first-order valence-corrected chi connectivity index (χ1v) is 6.33. The molecule has 0 aromatic heterocycles. The number of fused-ring (bicyclic) bond motifs is 3. The Labute approximate surface area is 107 Å². The van der Waals surface area contributed by atoms with E-state index in [-0.39, 0.29) is 11.8 Å². The van der Waals surface area contributed by atoms with Gasteiger partial charge in [-0.3, -0.25) is 0 Å². The van der Waals surface area contributed by atoms with Gasteiger partial charge in [0.1, 0.15) is 0 Å². The minimum atomic E-state index is -1.000. The average Bonchev–Trinajstić information content (AvgIpc) is 2.81. The monoisotopic (exact) mass is 242 g/mol. The van der Waals surface area contributed by atoms with Crippen molar-refractivity contribution in [2.45, 2.75) is 32.2 Å². The molecule has 3 heteroatoms. The molecule has 1 N–H and O–H groups in total. The summed E-state index contributed by atoms with van der Waals surface area (Å²) in [5, 5.41) is 14.5. The van der Waals surface area contributed by atoms with E-state index in [0.29, 0.717) is 0 Å². The number of anilines is 1. The normalized spacial score (nSPS) is 28.4. The molecule has 0 bridgehead atoms. The maximum Gasteiger partial charge on any atom is 0.0698 e. The van der Waals surface area contributed by atoms with Crippen molar-refractivity contribution in [3.8, 4) is 0 Å². The molecule has 94 valence electrons. The summed E-state index contributed by atoms with van der Waals surface area (Å²) in [7, 11) is 0. The van der Waals surface area contributed by atoms with Crippen molar-refractivity contribution in [2.24, 2.45) is 5.92 Å². The molecule has 0 radical (unpaired) electrons. The van der Waals surface area contributed by atoms with Gasteiger partial charge in [-0.25, -0.2) is 0 Å². The highest BCUT2D eigenvalue weighted by atomic mass is 16.4. The van der Waals surface area contributed by atoms with Crippen molar-refractivity contribution >= 4 is 11.7 Å². The van der Waals surface area contributed by atoms with E-state index < -0.39 is 12.0 Å². The van der Waals surface area contributed by atoms with Crippen LogP contribution >= 0.6 is 0 Å². The Balaban J connectivity index is 2.14. The number of hydrogen-bond acceptors (Lipinski definition) is 3. The standard InChI is InChI=1S/C15H17NO2/c1-8-6-7-12-10-4-3-5-11(10)14(15(17)18)16-13(12)9(8)2/h3-4,6-7,10-11,14,16H,5H2,1-2H3,(H,17,18)/p-1/t10-,11-,14+/m0/s1. The number of rotatable bonds is 1. The largest absolute Gasteiger partial charge is 0.548 e. The van der Waals surface area contributed by atoms with E-state index >= 15 is 0 Å². The van der Waals surface area contributed by atoms with Crippen LogP contribution in [0.4, 0.5) is 5.69 Å². The first kappa shape index (κ1) is 11.3. The molecule has 0 amide bonds. The Morgan fingerprint density at radius 1 is 1.39 bits per heavy atom. The third kappa shape index (κ3) is 1.47. The molecular formula is C15H16NO2-. The highest BCUT2D eigenvalue weighted by Crippen LogP contribution is 2.45. The smallest absolute Gasteiger partial charge is 0.0698 e. The van der Waals surface area contributed by atoms with Gasteiger partial charge in [0, 0.05) is 11.6 Å². The second-order valence-corrected chi connectivity index (χ2v) is 5.27. The number of carboxylic acid groups (broad SMARTS) is 1. The molecular weight excluding hydrogens is 226 g/mol. The Hall–Kier alpha value is -1.77. The zero-order valence-corrected chi connectivity index (χ0v) is 10.6. The number of aliphatic carboxylic acids is 1. The van der Waals surface area contributed by atoms with E-state index in [1.165, 1.54) is 11.1 Å². The fraction of sp³-hybridized carbons (Fsp3) is 0.400. The van der Waals surface area contributed by atoms with Crippen molar-refractivity contribution in [2.75, 3.05) is 5.32 Å². The second kappa shape index (κ2) is 3.87. The molecule has 0 saturated carbocycles. The molecule has 1 aromatic rings. The lowest BCUT2D eigenvalue weighted by atomic mass is 9.78. The molecule has 3 nitrogen and oxygen atoms in total. The summed E-state index contributed by atoms with van der Waals surface area (Å²) in [6.45, 7) is 4.08. The third-order valence-electron chi connectivity index (χ3n) is 4.32. The molecule has 2 aliphatic rings. The number of allylic oxidation sites excluding steroid dienone is 2. The molecule has 1 aromatic carbocycles. The summed E-state index contributed by atoms with van der Waals surface area (Å²) in [6.07, 6.45) is 5.02. The SMILES string of the molecule is Cc1ccc2c(c1C)N[C@@H](C(=O)[O-])[C@H]1CC=C[C@H]21.